The number of anilines is 1. The SMILES string of the molecule is NCCCCNc1cccc2ncccc12. The van der Waals surface area contributed by atoms with Crippen LogP contribution in [0.1, 0.15) is 12.8 Å². The number of nitrogens with zero attached hydrogens (tertiary/aromatic N) is 1. The van der Waals surface area contributed by atoms with E-state index in [0.29, 0.717) is 0 Å². The molecule has 0 spiro atoms. The zero-order valence-corrected chi connectivity index (χ0v) is 9.32. The Morgan fingerprint density at radius 3 is 2.94 bits per heavy atom. The lowest BCUT2D eigenvalue weighted by Crippen LogP contribution is -2.05. The van der Waals surface area contributed by atoms with Crippen molar-refractivity contribution in [2.45, 2.75) is 12.8 Å². The molecule has 0 fully saturated rings. The van der Waals surface area contributed by atoms with Crippen LogP contribution in [0.4, 0.5) is 5.69 Å². The molecule has 3 nitrogen and oxygen atoms in total. The van der Waals surface area contributed by atoms with Crippen molar-refractivity contribution in [3.8, 4) is 0 Å². The Labute approximate surface area is 95.7 Å². The summed E-state index contributed by atoms with van der Waals surface area (Å²) in [6.07, 6.45) is 3.99. The van der Waals surface area contributed by atoms with Gasteiger partial charge in [-0.25, -0.2) is 0 Å². The van der Waals surface area contributed by atoms with Crippen LogP contribution in [-0.4, -0.2) is 18.1 Å². The van der Waals surface area contributed by atoms with Crippen molar-refractivity contribution in [3.05, 3.63) is 36.5 Å². The summed E-state index contributed by atoms with van der Waals surface area (Å²) < 4.78 is 0. The summed E-state index contributed by atoms with van der Waals surface area (Å²) in [6, 6.07) is 10.2. The number of hydrogen-bond donors (Lipinski definition) is 2. The first kappa shape index (κ1) is 10.9. The van der Waals surface area contributed by atoms with E-state index in [0.717, 1.165) is 37.1 Å². The molecule has 1 aromatic carbocycles. The Balaban J connectivity index is 2.11. The fourth-order valence-corrected chi connectivity index (χ4v) is 1.75. The molecule has 3 heteroatoms. The second-order valence-corrected chi connectivity index (χ2v) is 3.80. The van der Waals surface area contributed by atoms with E-state index in [-0.39, 0.29) is 0 Å². The predicted molar refractivity (Wildman–Crippen MR) is 68.5 cm³/mol. The number of nitrogens with one attached hydrogen (secondary N) is 1. The summed E-state index contributed by atoms with van der Waals surface area (Å²) in [4.78, 5) is 4.33. The largest absolute Gasteiger partial charge is 0.384 e. The lowest BCUT2D eigenvalue weighted by atomic mass is 10.2. The van der Waals surface area contributed by atoms with Crippen molar-refractivity contribution >= 4 is 16.6 Å². The monoisotopic (exact) mass is 215 g/mol. The number of nitrogens with two attached hydrogens (primary N) is 1. The molecule has 0 aliphatic rings. The van der Waals surface area contributed by atoms with Gasteiger partial charge < -0.3 is 11.1 Å². The number of fused-ring (bicyclic) bond motifs is 1. The highest BCUT2D eigenvalue weighted by atomic mass is 14.9. The van der Waals surface area contributed by atoms with Crippen molar-refractivity contribution in [2.24, 2.45) is 5.73 Å². The third-order valence-corrected chi connectivity index (χ3v) is 2.59. The average Bonchev–Trinajstić information content (AvgIpc) is 2.35. The molecule has 0 aliphatic carbocycles. The molecule has 1 aromatic heterocycles. The molecule has 3 N–H and O–H groups in total. The molecular weight excluding hydrogens is 198 g/mol. The summed E-state index contributed by atoms with van der Waals surface area (Å²) in [6.45, 7) is 1.73. The van der Waals surface area contributed by atoms with Gasteiger partial charge in [-0.3, -0.25) is 4.98 Å². The minimum Gasteiger partial charge on any atom is -0.384 e. The highest BCUT2D eigenvalue weighted by Crippen LogP contribution is 2.20. The summed E-state index contributed by atoms with van der Waals surface area (Å²) in [5, 5.41) is 4.61. The Morgan fingerprint density at radius 1 is 1.12 bits per heavy atom. The van der Waals surface area contributed by atoms with E-state index in [9.17, 15) is 0 Å². The van der Waals surface area contributed by atoms with E-state index < -0.39 is 0 Å². The molecule has 0 unspecified atom stereocenters. The second-order valence-electron chi connectivity index (χ2n) is 3.80. The third-order valence-electron chi connectivity index (χ3n) is 2.59. The summed E-state index contributed by atoms with van der Waals surface area (Å²) in [7, 11) is 0. The third kappa shape index (κ3) is 2.49. The van der Waals surface area contributed by atoms with Crippen molar-refractivity contribution in [1.29, 1.82) is 0 Å². The second kappa shape index (κ2) is 5.47. The number of aromatic nitrogens is 1. The fraction of sp³-hybridized carbons (Fsp3) is 0.308. The molecule has 84 valence electrons. The first-order chi connectivity index (χ1) is 7.92. The topological polar surface area (TPSA) is 50.9 Å². The van der Waals surface area contributed by atoms with E-state index >= 15 is 0 Å². The first-order valence-corrected chi connectivity index (χ1v) is 5.69. The van der Waals surface area contributed by atoms with Gasteiger partial charge in [0.05, 0.1) is 5.52 Å². The zero-order valence-electron chi connectivity index (χ0n) is 9.32. The van der Waals surface area contributed by atoms with Gasteiger partial charge in [0.25, 0.3) is 0 Å². The summed E-state index contributed by atoms with van der Waals surface area (Å²) in [5.74, 6) is 0. The van der Waals surface area contributed by atoms with Crippen molar-refractivity contribution in [1.82, 2.24) is 4.98 Å². The van der Waals surface area contributed by atoms with Gasteiger partial charge in [0.2, 0.25) is 0 Å². The van der Waals surface area contributed by atoms with Crippen LogP contribution in [0.5, 0.6) is 0 Å². The molecule has 0 atom stereocenters. The van der Waals surface area contributed by atoms with Gasteiger partial charge in [0.1, 0.15) is 0 Å². The zero-order chi connectivity index (χ0) is 11.2. The number of unbranched alkanes of at least 4 members (excludes halogenated alkanes) is 1. The standard InChI is InChI=1S/C13H17N3/c14-8-1-2-9-15-12-6-3-7-13-11(12)5-4-10-16-13/h3-7,10,15H,1-2,8-9,14H2. The molecule has 0 saturated carbocycles. The highest BCUT2D eigenvalue weighted by Gasteiger charge is 1.99. The van der Waals surface area contributed by atoms with Crippen LogP contribution >= 0.6 is 0 Å². The van der Waals surface area contributed by atoms with Crippen LogP contribution in [0, 0.1) is 0 Å². The van der Waals surface area contributed by atoms with Gasteiger partial charge >= 0.3 is 0 Å². The molecule has 1 heterocycles. The highest BCUT2D eigenvalue weighted by molar-refractivity contribution is 5.91. The molecule has 0 amide bonds. The summed E-state index contributed by atoms with van der Waals surface area (Å²) in [5.41, 5.74) is 7.65. The number of rotatable bonds is 5. The maximum atomic E-state index is 5.46. The van der Waals surface area contributed by atoms with Crippen LogP contribution in [0.15, 0.2) is 36.5 Å². The van der Waals surface area contributed by atoms with E-state index in [4.69, 9.17) is 5.73 Å². The molecule has 0 bridgehead atoms. The quantitative estimate of drug-likeness (QED) is 0.753. The van der Waals surface area contributed by atoms with Gasteiger partial charge in [0, 0.05) is 23.8 Å². The molecule has 2 rings (SSSR count). The van der Waals surface area contributed by atoms with E-state index in [1.807, 2.05) is 24.4 Å². The maximum Gasteiger partial charge on any atom is 0.0722 e. The molecule has 0 aliphatic heterocycles. The Hall–Kier alpha value is -1.61. The fourth-order valence-electron chi connectivity index (χ4n) is 1.75. The van der Waals surface area contributed by atoms with Crippen LogP contribution in [0.2, 0.25) is 0 Å². The Morgan fingerprint density at radius 2 is 2.06 bits per heavy atom. The Bertz CT molecular complexity index is 448. The van der Waals surface area contributed by atoms with Crippen LogP contribution < -0.4 is 11.1 Å². The number of benzene rings is 1. The van der Waals surface area contributed by atoms with Gasteiger partial charge in [0.15, 0.2) is 0 Å². The van der Waals surface area contributed by atoms with Crippen molar-refractivity contribution in [2.75, 3.05) is 18.4 Å². The minimum absolute atomic E-state index is 0.763. The lowest BCUT2D eigenvalue weighted by Gasteiger charge is -2.08. The van der Waals surface area contributed by atoms with Crippen molar-refractivity contribution < 1.29 is 0 Å². The van der Waals surface area contributed by atoms with E-state index in [1.54, 1.807) is 0 Å². The molecule has 2 aromatic rings. The number of pyridine rings is 1. The van der Waals surface area contributed by atoms with Crippen molar-refractivity contribution in [3.63, 3.8) is 0 Å². The van der Waals surface area contributed by atoms with Crippen LogP contribution in [0.25, 0.3) is 10.9 Å². The molecular formula is C13H17N3. The number of hydrogen-bond acceptors (Lipinski definition) is 3. The van der Waals surface area contributed by atoms with Gasteiger partial charge in [-0.2, -0.15) is 0 Å². The average molecular weight is 215 g/mol. The first-order valence-electron chi connectivity index (χ1n) is 5.69. The van der Waals surface area contributed by atoms with Crippen LogP contribution in [-0.2, 0) is 0 Å². The van der Waals surface area contributed by atoms with E-state index in [2.05, 4.69) is 22.4 Å². The predicted octanol–water partition coefficient (Wildman–Crippen LogP) is 2.39. The smallest absolute Gasteiger partial charge is 0.0722 e. The Kier molecular flexibility index (Phi) is 3.72. The summed E-state index contributed by atoms with van der Waals surface area (Å²) >= 11 is 0. The minimum atomic E-state index is 0.763. The molecule has 16 heavy (non-hydrogen) atoms. The maximum absolute atomic E-state index is 5.46. The van der Waals surface area contributed by atoms with Crippen LogP contribution in [0.3, 0.4) is 0 Å². The van der Waals surface area contributed by atoms with Gasteiger partial charge in [-0.15, -0.1) is 0 Å². The normalized spacial score (nSPS) is 10.6. The van der Waals surface area contributed by atoms with E-state index in [1.165, 1.54) is 5.39 Å². The molecule has 0 radical (unpaired) electrons. The van der Waals surface area contributed by atoms with Gasteiger partial charge in [-0.1, -0.05) is 6.07 Å². The molecule has 0 saturated heterocycles. The van der Waals surface area contributed by atoms with Gasteiger partial charge in [-0.05, 0) is 43.7 Å². The lowest BCUT2D eigenvalue weighted by molar-refractivity contribution is 0.774.